The molecular weight excluding hydrogens is 425 g/mol. The van der Waals surface area contributed by atoms with Gasteiger partial charge in [-0.1, -0.05) is 19.1 Å². The summed E-state index contributed by atoms with van der Waals surface area (Å²) in [6, 6.07) is 7.09. The summed E-state index contributed by atoms with van der Waals surface area (Å²) in [5, 5.41) is 4.54. The Labute approximate surface area is 167 Å². The van der Waals surface area contributed by atoms with Crippen molar-refractivity contribution in [3.05, 3.63) is 35.5 Å². The average Bonchev–Trinajstić information content (AvgIpc) is 3.19. The van der Waals surface area contributed by atoms with Crippen LogP contribution < -0.4 is 11.1 Å². The molecule has 138 valence electrons. The van der Waals surface area contributed by atoms with Gasteiger partial charge in [-0.25, -0.2) is 0 Å². The molecule has 0 spiro atoms. The fourth-order valence-electron chi connectivity index (χ4n) is 3.61. The van der Waals surface area contributed by atoms with Gasteiger partial charge >= 0.3 is 0 Å². The zero-order valence-electron chi connectivity index (χ0n) is 15.2. The molecule has 1 aromatic carbocycles. The smallest absolute Gasteiger partial charge is 0.188 e. The Bertz CT molecular complexity index is 709. The van der Waals surface area contributed by atoms with Gasteiger partial charge in [-0.3, -0.25) is 9.89 Å². The summed E-state index contributed by atoms with van der Waals surface area (Å²) < 4.78 is 0. The van der Waals surface area contributed by atoms with Gasteiger partial charge in [0.05, 0.1) is 6.54 Å². The Kier molecular flexibility index (Phi) is 7.56. The Hall–Kier alpha value is -1.28. The van der Waals surface area contributed by atoms with E-state index in [0.717, 1.165) is 26.1 Å². The highest BCUT2D eigenvalue weighted by molar-refractivity contribution is 14.0. The minimum Gasteiger partial charge on any atom is -0.370 e. The van der Waals surface area contributed by atoms with Gasteiger partial charge in [0.15, 0.2) is 5.96 Å². The highest BCUT2D eigenvalue weighted by atomic mass is 127. The van der Waals surface area contributed by atoms with Crippen LogP contribution in [0.5, 0.6) is 0 Å². The maximum atomic E-state index is 6.02. The number of aromatic amines is 1. The fourth-order valence-corrected chi connectivity index (χ4v) is 3.61. The average molecular weight is 455 g/mol. The van der Waals surface area contributed by atoms with Crippen LogP contribution in [0.25, 0.3) is 10.9 Å². The van der Waals surface area contributed by atoms with Gasteiger partial charge in [-0.05, 0) is 56.5 Å². The molecular formula is C19H30IN5. The van der Waals surface area contributed by atoms with Crippen molar-refractivity contribution in [2.24, 2.45) is 10.7 Å². The van der Waals surface area contributed by atoms with Crippen molar-refractivity contribution < 1.29 is 0 Å². The Morgan fingerprint density at radius 3 is 3.08 bits per heavy atom. The third-order valence-electron chi connectivity index (χ3n) is 5.00. The Balaban J connectivity index is 0.00000225. The largest absolute Gasteiger partial charge is 0.370 e. The van der Waals surface area contributed by atoms with Crippen molar-refractivity contribution in [3.63, 3.8) is 0 Å². The molecule has 2 aromatic rings. The van der Waals surface area contributed by atoms with Crippen molar-refractivity contribution in [1.29, 1.82) is 0 Å². The number of nitrogens with one attached hydrogen (secondary N) is 2. The summed E-state index contributed by atoms with van der Waals surface area (Å²) >= 11 is 0. The maximum absolute atomic E-state index is 6.02. The molecule has 0 bridgehead atoms. The van der Waals surface area contributed by atoms with Crippen molar-refractivity contribution in [3.8, 4) is 0 Å². The van der Waals surface area contributed by atoms with Gasteiger partial charge in [-0.2, -0.15) is 0 Å². The van der Waals surface area contributed by atoms with Gasteiger partial charge < -0.3 is 16.0 Å². The number of likely N-dealkylation sites (N-methyl/N-ethyl adjacent to an activating group) is 1. The van der Waals surface area contributed by atoms with Crippen molar-refractivity contribution >= 4 is 40.8 Å². The number of fused-ring (bicyclic) bond motifs is 1. The molecule has 1 atom stereocenters. The van der Waals surface area contributed by atoms with Gasteiger partial charge in [0.1, 0.15) is 0 Å². The van der Waals surface area contributed by atoms with E-state index >= 15 is 0 Å². The van der Waals surface area contributed by atoms with Crippen molar-refractivity contribution in [2.75, 3.05) is 26.2 Å². The molecule has 4 N–H and O–H groups in total. The highest BCUT2D eigenvalue weighted by Crippen LogP contribution is 2.19. The standard InChI is InChI=1S/C19H29N5.HI/c1-3-24-10-4-5-16(24)13-23-19(20)21-9-8-15-12-22-18-11-14(2)6-7-17(15)18;/h6-7,11-12,16,22H,3-5,8-10,13H2,1-2H3,(H3,20,21,23);1H. The summed E-state index contributed by atoms with van der Waals surface area (Å²) in [5.41, 5.74) is 9.82. The van der Waals surface area contributed by atoms with Crippen molar-refractivity contribution in [2.45, 2.75) is 39.2 Å². The molecule has 1 unspecified atom stereocenters. The number of aromatic nitrogens is 1. The number of rotatable bonds is 6. The predicted molar refractivity (Wildman–Crippen MR) is 117 cm³/mol. The topological polar surface area (TPSA) is 69.4 Å². The van der Waals surface area contributed by atoms with Gasteiger partial charge in [0.2, 0.25) is 0 Å². The molecule has 3 rings (SSSR count). The molecule has 5 nitrogen and oxygen atoms in total. The molecule has 1 aliphatic rings. The number of halogens is 1. The number of hydrogen-bond donors (Lipinski definition) is 3. The summed E-state index contributed by atoms with van der Waals surface area (Å²) in [6.45, 7) is 8.24. The lowest BCUT2D eigenvalue weighted by Crippen LogP contribution is -2.36. The van der Waals surface area contributed by atoms with Crippen LogP contribution in [0.3, 0.4) is 0 Å². The molecule has 2 heterocycles. The summed E-state index contributed by atoms with van der Waals surface area (Å²) in [5.74, 6) is 0.564. The predicted octanol–water partition coefficient (Wildman–Crippen LogP) is 3.03. The minimum atomic E-state index is 0. The molecule has 0 amide bonds. The molecule has 0 aliphatic carbocycles. The lowest BCUT2D eigenvalue weighted by molar-refractivity contribution is 0.273. The van der Waals surface area contributed by atoms with E-state index in [1.807, 2.05) is 0 Å². The first-order valence-corrected chi connectivity index (χ1v) is 9.02. The van der Waals surface area contributed by atoms with E-state index in [-0.39, 0.29) is 24.0 Å². The van der Waals surface area contributed by atoms with Crippen LogP contribution in [0, 0.1) is 6.92 Å². The van der Waals surface area contributed by atoms with E-state index in [0.29, 0.717) is 12.0 Å². The SMILES string of the molecule is CCN1CCCC1CN=C(N)NCCc1c[nH]c2cc(C)ccc12.I. The van der Waals surface area contributed by atoms with E-state index in [4.69, 9.17) is 5.73 Å². The molecule has 6 heteroatoms. The third-order valence-corrected chi connectivity index (χ3v) is 5.00. The van der Waals surface area contributed by atoms with Gasteiger partial charge in [0, 0.05) is 29.7 Å². The summed E-state index contributed by atoms with van der Waals surface area (Å²) in [6.07, 6.45) is 5.54. The Morgan fingerprint density at radius 2 is 2.28 bits per heavy atom. The fraction of sp³-hybridized carbons (Fsp3) is 0.526. The molecule has 1 fully saturated rings. The molecule has 1 aromatic heterocycles. The number of guanidine groups is 1. The van der Waals surface area contributed by atoms with E-state index in [9.17, 15) is 0 Å². The van der Waals surface area contributed by atoms with Crippen LogP contribution in [0.1, 0.15) is 30.9 Å². The third kappa shape index (κ3) is 5.10. The van der Waals surface area contributed by atoms with Crippen molar-refractivity contribution in [1.82, 2.24) is 15.2 Å². The zero-order chi connectivity index (χ0) is 16.9. The van der Waals surface area contributed by atoms with Crippen LogP contribution >= 0.6 is 24.0 Å². The quantitative estimate of drug-likeness (QED) is 0.356. The second kappa shape index (κ2) is 9.43. The summed E-state index contributed by atoms with van der Waals surface area (Å²) in [7, 11) is 0. The van der Waals surface area contributed by atoms with Crippen LogP contribution in [0.15, 0.2) is 29.4 Å². The molecule has 1 saturated heterocycles. The number of H-pyrrole nitrogens is 1. The van der Waals surface area contributed by atoms with Crippen LogP contribution in [0.4, 0.5) is 0 Å². The normalized spacial score (nSPS) is 18.5. The number of likely N-dealkylation sites (tertiary alicyclic amines) is 1. The number of aliphatic imine (C=N–C) groups is 1. The first-order chi connectivity index (χ1) is 11.7. The number of hydrogen-bond acceptors (Lipinski definition) is 2. The number of nitrogens with two attached hydrogens (primary N) is 1. The second-order valence-corrected chi connectivity index (χ2v) is 6.69. The second-order valence-electron chi connectivity index (χ2n) is 6.69. The van der Waals surface area contributed by atoms with Crippen LogP contribution in [-0.4, -0.2) is 48.1 Å². The molecule has 0 saturated carbocycles. The van der Waals surface area contributed by atoms with E-state index < -0.39 is 0 Å². The monoisotopic (exact) mass is 455 g/mol. The number of nitrogens with zero attached hydrogens (tertiary/aromatic N) is 2. The van der Waals surface area contributed by atoms with Crippen LogP contribution in [0.2, 0.25) is 0 Å². The molecule has 0 radical (unpaired) electrons. The Morgan fingerprint density at radius 1 is 1.44 bits per heavy atom. The number of benzene rings is 1. The minimum absolute atomic E-state index is 0. The first kappa shape index (κ1) is 20.0. The molecule has 1 aliphatic heterocycles. The highest BCUT2D eigenvalue weighted by Gasteiger charge is 2.22. The van der Waals surface area contributed by atoms with Crippen LogP contribution in [-0.2, 0) is 6.42 Å². The van der Waals surface area contributed by atoms with Gasteiger partial charge in [-0.15, -0.1) is 24.0 Å². The summed E-state index contributed by atoms with van der Waals surface area (Å²) in [4.78, 5) is 10.4. The first-order valence-electron chi connectivity index (χ1n) is 9.02. The zero-order valence-corrected chi connectivity index (χ0v) is 17.5. The lowest BCUT2D eigenvalue weighted by atomic mass is 10.1. The maximum Gasteiger partial charge on any atom is 0.188 e. The molecule has 25 heavy (non-hydrogen) atoms. The van der Waals surface area contributed by atoms with Gasteiger partial charge in [0.25, 0.3) is 0 Å². The lowest BCUT2D eigenvalue weighted by Gasteiger charge is -2.20. The number of aryl methyl sites for hydroxylation is 1. The van der Waals surface area contributed by atoms with E-state index in [2.05, 4.69) is 58.4 Å². The van der Waals surface area contributed by atoms with E-state index in [1.165, 1.54) is 41.4 Å². The van der Waals surface area contributed by atoms with E-state index in [1.54, 1.807) is 0 Å².